The van der Waals surface area contributed by atoms with Crippen LogP contribution in [0.5, 0.6) is 0 Å². The van der Waals surface area contributed by atoms with Crippen molar-refractivity contribution in [1.82, 2.24) is 5.32 Å². The fraction of sp³-hybridized carbons (Fsp3) is 0.250. The van der Waals surface area contributed by atoms with Crippen molar-refractivity contribution in [2.45, 2.75) is 6.23 Å². The van der Waals surface area contributed by atoms with Gasteiger partial charge in [0.2, 0.25) is 0 Å². The van der Waals surface area contributed by atoms with Crippen molar-refractivity contribution in [1.29, 1.82) is 0 Å². The summed E-state index contributed by atoms with van der Waals surface area (Å²) in [5, 5.41) is 12.0. The summed E-state index contributed by atoms with van der Waals surface area (Å²) in [5.41, 5.74) is 0.894. The fourth-order valence-electron chi connectivity index (χ4n) is 0.802. The van der Waals surface area contributed by atoms with Gasteiger partial charge in [-0.25, -0.2) is 0 Å². The molecule has 1 rings (SSSR count). The summed E-state index contributed by atoms with van der Waals surface area (Å²) in [6.07, 6.45) is -0.541. The summed E-state index contributed by atoms with van der Waals surface area (Å²) in [6, 6.07) is 9.47. The van der Waals surface area contributed by atoms with Gasteiger partial charge in [-0.2, -0.15) is 0 Å². The highest BCUT2D eigenvalue weighted by Crippen LogP contribution is 2.06. The summed E-state index contributed by atoms with van der Waals surface area (Å²) in [5.74, 6) is 0. The van der Waals surface area contributed by atoms with Crippen LogP contribution in [0.25, 0.3) is 0 Å². The van der Waals surface area contributed by atoms with E-state index in [0.29, 0.717) is 0 Å². The van der Waals surface area contributed by atoms with Crippen LogP contribution in [-0.4, -0.2) is 12.2 Å². The van der Waals surface area contributed by atoms with E-state index in [2.05, 4.69) is 5.32 Å². The van der Waals surface area contributed by atoms with Gasteiger partial charge in [0.05, 0.1) is 0 Å². The van der Waals surface area contributed by atoms with Crippen molar-refractivity contribution >= 4 is 0 Å². The van der Waals surface area contributed by atoms with E-state index in [1.165, 1.54) is 0 Å². The van der Waals surface area contributed by atoms with Crippen LogP contribution >= 0.6 is 0 Å². The second-order valence-electron chi connectivity index (χ2n) is 2.10. The molecule has 0 saturated carbocycles. The van der Waals surface area contributed by atoms with Gasteiger partial charge >= 0.3 is 0 Å². The Morgan fingerprint density at radius 1 is 1.30 bits per heavy atom. The number of hydrogen-bond donors (Lipinski definition) is 2. The first-order valence-corrected chi connectivity index (χ1v) is 3.25. The molecule has 1 aromatic rings. The van der Waals surface area contributed by atoms with Crippen LogP contribution in [-0.2, 0) is 0 Å². The zero-order chi connectivity index (χ0) is 7.40. The first-order chi connectivity index (χ1) is 4.84. The molecule has 0 spiro atoms. The van der Waals surface area contributed by atoms with Crippen molar-refractivity contribution in [2.75, 3.05) is 7.05 Å². The molecule has 0 radical (unpaired) electrons. The quantitative estimate of drug-likeness (QED) is 0.593. The Hall–Kier alpha value is -0.860. The van der Waals surface area contributed by atoms with E-state index in [1.54, 1.807) is 7.05 Å². The van der Waals surface area contributed by atoms with Gasteiger partial charge in [0.15, 0.2) is 0 Å². The lowest BCUT2D eigenvalue weighted by atomic mass is 10.2. The summed E-state index contributed by atoms with van der Waals surface area (Å²) in [4.78, 5) is 0. The minimum atomic E-state index is -0.541. The molecule has 0 aromatic heterocycles. The first-order valence-electron chi connectivity index (χ1n) is 3.25. The van der Waals surface area contributed by atoms with E-state index < -0.39 is 6.23 Å². The maximum absolute atomic E-state index is 9.22. The Bertz CT molecular complexity index is 186. The molecule has 54 valence electrons. The van der Waals surface area contributed by atoms with E-state index in [1.807, 2.05) is 30.3 Å². The molecule has 0 fully saturated rings. The van der Waals surface area contributed by atoms with Crippen molar-refractivity contribution < 1.29 is 5.11 Å². The predicted molar refractivity (Wildman–Crippen MR) is 40.5 cm³/mol. The smallest absolute Gasteiger partial charge is 0.130 e. The molecule has 2 heteroatoms. The Kier molecular flexibility index (Phi) is 2.42. The molecule has 2 nitrogen and oxygen atoms in total. The van der Waals surface area contributed by atoms with Crippen LogP contribution in [0.3, 0.4) is 0 Å². The van der Waals surface area contributed by atoms with Gasteiger partial charge in [0, 0.05) is 0 Å². The lowest BCUT2D eigenvalue weighted by Crippen LogP contribution is -2.14. The summed E-state index contributed by atoms with van der Waals surface area (Å²) >= 11 is 0. The molecule has 10 heavy (non-hydrogen) atoms. The highest BCUT2D eigenvalue weighted by Gasteiger charge is 1.99. The van der Waals surface area contributed by atoms with Crippen molar-refractivity contribution in [3.8, 4) is 0 Å². The summed E-state index contributed by atoms with van der Waals surface area (Å²) in [7, 11) is 1.72. The van der Waals surface area contributed by atoms with Crippen LogP contribution < -0.4 is 5.32 Å². The van der Waals surface area contributed by atoms with Gasteiger partial charge in [0.1, 0.15) is 6.23 Å². The standard InChI is InChI=1S/C8H11NO/c1-9-8(10)7-5-3-2-4-6-7/h2-6,8-10H,1H3. The Morgan fingerprint density at radius 2 is 1.90 bits per heavy atom. The lowest BCUT2D eigenvalue weighted by Gasteiger charge is -2.07. The highest BCUT2D eigenvalue weighted by molar-refractivity contribution is 5.16. The van der Waals surface area contributed by atoms with E-state index in [4.69, 9.17) is 0 Å². The topological polar surface area (TPSA) is 32.3 Å². The number of aliphatic hydroxyl groups excluding tert-OH is 1. The average Bonchev–Trinajstić information content (AvgIpc) is 2.05. The lowest BCUT2D eigenvalue weighted by molar-refractivity contribution is 0.149. The van der Waals surface area contributed by atoms with E-state index in [0.717, 1.165) is 5.56 Å². The Labute approximate surface area is 60.5 Å². The number of benzene rings is 1. The van der Waals surface area contributed by atoms with Gasteiger partial charge in [-0.1, -0.05) is 30.3 Å². The molecule has 0 bridgehead atoms. The monoisotopic (exact) mass is 137 g/mol. The zero-order valence-electron chi connectivity index (χ0n) is 5.91. The third-order valence-corrected chi connectivity index (χ3v) is 1.39. The van der Waals surface area contributed by atoms with Crippen LogP contribution in [0.2, 0.25) is 0 Å². The minimum absolute atomic E-state index is 0.541. The van der Waals surface area contributed by atoms with Gasteiger partial charge in [-0.05, 0) is 12.6 Å². The molecular formula is C8H11NO. The van der Waals surface area contributed by atoms with E-state index in [-0.39, 0.29) is 0 Å². The minimum Gasteiger partial charge on any atom is -0.374 e. The number of aliphatic hydroxyl groups is 1. The zero-order valence-corrected chi connectivity index (χ0v) is 5.91. The molecule has 0 aliphatic heterocycles. The van der Waals surface area contributed by atoms with Crippen LogP contribution in [0.4, 0.5) is 0 Å². The molecule has 2 N–H and O–H groups in total. The molecule has 0 aliphatic rings. The number of rotatable bonds is 2. The maximum Gasteiger partial charge on any atom is 0.130 e. The number of nitrogens with one attached hydrogen (secondary N) is 1. The summed E-state index contributed by atoms with van der Waals surface area (Å²) in [6.45, 7) is 0. The fourth-order valence-corrected chi connectivity index (χ4v) is 0.802. The molecule has 0 amide bonds. The molecule has 1 unspecified atom stereocenters. The van der Waals surface area contributed by atoms with E-state index >= 15 is 0 Å². The Morgan fingerprint density at radius 3 is 2.40 bits per heavy atom. The second-order valence-corrected chi connectivity index (χ2v) is 2.10. The normalized spacial score (nSPS) is 13.0. The number of hydrogen-bond acceptors (Lipinski definition) is 2. The third-order valence-electron chi connectivity index (χ3n) is 1.39. The third kappa shape index (κ3) is 1.56. The molecule has 0 heterocycles. The van der Waals surface area contributed by atoms with Crippen LogP contribution in [0.15, 0.2) is 30.3 Å². The predicted octanol–water partition coefficient (Wildman–Crippen LogP) is 0.897. The van der Waals surface area contributed by atoms with Crippen molar-refractivity contribution in [3.05, 3.63) is 35.9 Å². The second kappa shape index (κ2) is 3.34. The van der Waals surface area contributed by atoms with Gasteiger partial charge < -0.3 is 5.11 Å². The largest absolute Gasteiger partial charge is 0.374 e. The van der Waals surface area contributed by atoms with Gasteiger partial charge in [-0.15, -0.1) is 0 Å². The maximum atomic E-state index is 9.22. The molecule has 0 saturated heterocycles. The van der Waals surface area contributed by atoms with Gasteiger partial charge in [0.25, 0.3) is 0 Å². The van der Waals surface area contributed by atoms with Crippen LogP contribution in [0, 0.1) is 0 Å². The average molecular weight is 137 g/mol. The first kappa shape index (κ1) is 7.25. The van der Waals surface area contributed by atoms with Gasteiger partial charge in [-0.3, -0.25) is 5.32 Å². The SMILES string of the molecule is CNC(O)c1ccccc1. The Balaban J connectivity index is 2.75. The van der Waals surface area contributed by atoms with Crippen molar-refractivity contribution in [2.24, 2.45) is 0 Å². The molecule has 1 aromatic carbocycles. The summed E-state index contributed by atoms with van der Waals surface area (Å²) < 4.78 is 0. The molecular weight excluding hydrogens is 126 g/mol. The van der Waals surface area contributed by atoms with Crippen LogP contribution in [0.1, 0.15) is 11.8 Å². The molecule has 0 aliphatic carbocycles. The van der Waals surface area contributed by atoms with Crippen molar-refractivity contribution in [3.63, 3.8) is 0 Å². The van der Waals surface area contributed by atoms with E-state index in [9.17, 15) is 5.11 Å². The molecule has 1 atom stereocenters. The highest BCUT2D eigenvalue weighted by atomic mass is 16.3.